The lowest BCUT2D eigenvalue weighted by molar-refractivity contribution is -0.133. The maximum atomic E-state index is 11.1. The molecule has 2 amide bonds. The predicted octanol–water partition coefficient (Wildman–Crippen LogP) is 0.118. The molecule has 0 bridgehead atoms. The Morgan fingerprint density at radius 3 is 2.67 bits per heavy atom. The van der Waals surface area contributed by atoms with E-state index in [2.05, 4.69) is 5.32 Å². The minimum absolute atomic E-state index is 0.383. The number of hydrogen-bond donors (Lipinski definition) is 1. The lowest BCUT2D eigenvalue weighted by Gasteiger charge is -2.12. The highest BCUT2D eigenvalue weighted by atomic mass is 16.5. The number of allylic oxidation sites excluding steroid dienone is 2. The van der Waals surface area contributed by atoms with E-state index in [0.717, 1.165) is 0 Å². The van der Waals surface area contributed by atoms with E-state index in [-0.39, 0.29) is 5.91 Å². The van der Waals surface area contributed by atoms with E-state index in [1.807, 2.05) is 0 Å². The molecule has 0 radical (unpaired) electrons. The number of amides is 2. The largest absolute Gasteiger partial charge is 0.484 e. The summed E-state index contributed by atoms with van der Waals surface area (Å²) in [6.07, 6.45) is 5.65. The molecule has 1 unspecified atom stereocenters. The van der Waals surface area contributed by atoms with Crippen LogP contribution in [0.1, 0.15) is 6.92 Å². The third kappa shape index (κ3) is 2.23. The average Bonchev–Trinajstić information content (AvgIpc) is 2.05. The predicted molar refractivity (Wildman–Crippen MR) is 42.0 cm³/mol. The first-order valence-electron chi connectivity index (χ1n) is 3.50. The number of imide groups is 1. The van der Waals surface area contributed by atoms with Gasteiger partial charge in [0.25, 0.3) is 5.91 Å². The van der Waals surface area contributed by atoms with Gasteiger partial charge >= 0.3 is 0 Å². The quantitative estimate of drug-likeness (QED) is 0.603. The summed E-state index contributed by atoms with van der Waals surface area (Å²) >= 11 is 0. The van der Waals surface area contributed by atoms with Crippen LogP contribution in [0.3, 0.4) is 0 Å². The van der Waals surface area contributed by atoms with Crippen LogP contribution in [-0.2, 0) is 14.3 Å². The second-order valence-corrected chi connectivity index (χ2v) is 2.32. The van der Waals surface area contributed by atoms with Crippen molar-refractivity contribution in [3.8, 4) is 0 Å². The molecule has 1 N–H and O–H groups in total. The smallest absolute Gasteiger partial charge is 0.271 e. The molecule has 0 spiro atoms. The Bertz CT molecular complexity index is 255. The number of rotatable bonds is 1. The summed E-state index contributed by atoms with van der Waals surface area (Å²) < 4.78 is 4.91. The van der Waals surface area contributed by atoms with Gasteiger partial charge in [-0.05, 0) is 12.2 Å². The second kappa shape index (κ2) is 3.71. The fourth-order valence-corrected chi connectivity index (χ4v) is 0.780. The molecule has 1 atom stereocenters. The van der Waals surface area contributed by atoms with Crippen LogP contribution in [0.2, 0.25) is 0 Å². The van der Waals surface area contributed by atoms with Crippen molar-refractivity contribution in [2.24, 2.45) is 0 Å². The molecule has 64 valence electrons. The first-order valence-corrected chi connectivity index (χ1v) is 3.50. The highest BCUT2D eigenvalue weighted by Crippen LogP contribution is 2.01. The number of hydrogen-bond acceptors (Lipinski definition) is 3. The van der Waals surface area contributed by atoms with E-state index >= 15 is 0 Å². The van der Waals surface area contributed by atoms with Crippen LogP contribution in [0.25, 0.3) is 0 Å². The normalized spacial score (nSPS) is 19.9. The van der Waals surface area contributed by atoms with E-state index in [1.165, 1.54) is 13.2 Å². The van der Waals surface area contributed by atoms with Crippen molar-refractivity contribution in [3.05, 3.63) is 24.5 Å². The fourth-order valence-electron chi connectivity index (χ4n) is 0.780. The second-order valence-electron chi connectivity index (χ2n) is 2.32. The van der Waals surface area contributed by atoms with Gasteiger partial charge in [-0.1, -0.05) is 6.08 Å². The Hall–Kier alpha value is -1.58. The molecule has 0 aliphatic carbocycles. The molecular formula is C8H9NO3. The summed E-state index contributed by atoms with van der Waals surface area (Å²) in [5.74, 6) is -0.824. The van der Waals surface area contributed by atoms with E-state index < -0.39 is 12.0 Å². The van der Waals surface area contributed by atoms with Crippen LogP contribution in [0.15, 0.2) is 24.5 Å². The van der Waals surface area contributed by atoms with E-state index in [9.17, 15) is 9.59 Å². The highest BCUT2D eigenvalue weighted by molar-refractivity contribution is 5.97. The molecule has 12 heavy (non-hydrogen) atoms. The molecule has 1 aliphatic heterocycles. The van der Waals surface area contributed by atoms with Crippen LogP contribution in [0, 0.1) is 0 Å². The standard InChI is InChI=1S/C8H9NO3/c1-6(10)9-8(11)7-4-2-3-5-12-7/h2-5,7H,1H3,(H,9,10,11). The molecule has 1 rings (SSSR count). The van der Waals surface area contributed by atoms with Crippen LogP contribution in [0.5, 0.6) is 0 Å². The van der Waals surface area contributed by atoms with E-state index in [0.29, 0.717) is 0 Å². The van der Waals surface area contributed by atoms with Gasteiger partial charge in [-0.15, -0.1) is 0 Å². The summed E-state index contributed by atoms with van der Waals surface area (Å²) in [4.78, 5) is 21.5. The summed E-state index contributed by atoms with van der Waals surface area (Å²) in [6.45, 7) is 1.28. The lowest BCUT2D eigenvalue weighted by atomic mass is 10.2. The van der Waals surface area contributed by atoms with Crippen molar-refractivity contribution >= 4 is 11.8 Å². The molecular weight excluding hydrogens is 158 g/mol. The molecule has 1 heterocycles. The van der Waals surface area contributed by atoms with Crippen LogP contribution >= 0.6 is 0 Å². The van der Waals surface area contributed by atoms with Crippen molar-refractivity contribution in [3.63, 3.8) is 0 Å². The maximum absolute atomic E-state index is 11.1. The Morgan fingerprint density at radius 2 is 2.17 bits per heavy atom. The van der Waals surface area contributed by atoms with Crippen LogP contribution in [0.4, 0.5) is 0 Å². The first kappa shape index (κ1) is 8.52. The zero-order chi connectivity index (χ0) is 8.97. The van der Waals surface area contributed by atoms with Gasteiger partial charge in [-0.25, -0.2) is 0 Å². The molecule has 0 aromatic heterocycles. The zero-order valence-electron chi connectivity index (χ0n) is 6.61. The van der Waals surface area contributed by atoms with Gasteiger partial charge in [0.1, 0.15) is 0 Å². The summed E-state index contributed by atoms with van der Waals surface area (Å²) in [5, 5.41) is 2.12. The molecule has 0 aromatic rings. The Balaban J connectivity index is 2.48. The van der Waals surface area contributed by atoms with E-state index in [1.54, 1.807) is 18.2 Å². The fraction of sp³-hybridized carbons (Fsp3) is 0.250. The van der Waals surface area contributed by atoms with Crippen molar-refractivity contribution in [2.75, 3.05) is 0 Å². The van der Waals surface area contributed by atoms with Crippen molar-refractivity contribution < 1.29 is 14.3 Å². The van der Waals surface area contributed by atoms with Gasteiger partial charge in [-0.3, -0.25) is 14.9 Å². The summed E-state index contributed by atoms with van der Waals surface area (Å²) in [6, 6.07) is 0. The maximum Gasteiger partial charge on any atom is 0.271 e. The van der Waals surface area contributed by atoms with Crippen molar-refractivity contribution in [1.29, 1.82) is 0 Å². The van der Waals surface area contributed by atoms with Gasteiger partial charge < -0.3 is 4.74 Å². The molecule has 0 aromatic carbocycles. The SMILES string of the molecule is CC(=O)NC(=O)C1C=CC=CO1. The zero-order valence-corrected chi connectivity index (χ0v) is 6.61. The van der Waals surface area contributed by atoms with Gasteiger partial charge in [0, 0.05) is 6.92 Å². The summed E-state index contributed by atoms with van der Waals surface area (Å²) in [5.41, 5.74) is 0. The van der Waals surface area contributed by atoms with Gasteiger partial charge in [0.05, 0.1) is 6.26 Å². The number of carbonyl (C=O) groups excluding carboxylic acids is 2. The molecule has 4 nitrogen and oxygen atoms in total. The van der Waals surface area contributed by atoms with Crippen molar-refractivity contribution in [2.45, 2.75) is 13.0 Å². The van der Waals surface area contributed by atoms with Crippen LogP contribution < -0.4 is 5.32 Å². The van der Waals surface area contributed by atoms with Gasteiger partial charge in [0.2, 0.25) is 5.91 Å². The average molecular weight is 167 g/mol. The number of nitrogens with one attached hydrogen (secondary N) is 1. The number of ether oxygens (including phenoxy) is 1. The Labute approximate surface area is 69.9 Å². The molecule has 1 aliphatic rings. The lowest BCUT2D eigenvalue weighted by Crippen LogP contribution is -2.37. The Morgan fingerprint density at radius 1 is 1.42 bits per heavy atom. The minimum atomic E-state index is -0.682. The van der Waals surface area contributed by atoms with Crippen LogP contribution in [-0.4, -0.2) is 17.9 Å². The molecule has 0 saturated heterocycles. The van der Waals surface area contributed by atoms with E-state index in [4.69, 9.17) is 4.74 Å². The minimum Gasteiger partial charge on any atom is -0.484 e. The third-order valence-corrected chi connectivity index (χ3v) is 1.26. The first-order chi connectivity index (χ1) is 5.70. The topological polar surface area (TPSA) is 55.4 Å². The van der Waals surface area contributed by atoms with Crippen molar-refractivity contribution in [1.82, 2.24) is 5.32 Å². The summed E-state index contributed by atoms with van der Waals surface area (Å²) in [7, 11) is 0. The molecule has 0 fully saturated rings. The Kier molecular flexibility index (Phi) is 2.63. The molecule has 0 saturated carbocycles. The van der Waals surface area contributed by atoms with Gasteiger partial charge in [-0.2, -0.15) is 0 Å². The monoisotopic (exact) mass is 167 g/mol. The van der Waals surface area contributed by atoms with Gasteiger partial charge in [0.15, 0.2) is 6.10 Å². The number of carbonyl (C=O) groups is 2. The highest BCUT2D eigenvalue weighted by Gasteiger charge is 2.17. The molecule has 4 heteroatoms. The third-order valence-electron chi connectivity index (χ3n) is 1.26.